The quantitative estimate of drug-likeness (QED) is 0.307. The second-order valence-electron chi connectivity index (χ2n) is 9.45. The average molecular weight is 402 g/mol. The van der Waals surface area contributed by atoms with Gasteiger partial charge in [0.15, 0.2) is 5.78 Å². The van der Waals surface area contributed by atoms with Gasteiger partial charge in [-0.25, -0.2) is 0 Å². The van der Waals surface area contributed by atoms with Crippen LogP contribution in [-0.4, -0.2) is 49.9 Å². The van der Waals surface area contributed by atoms with Crippen LogP contribution in [-0.2, 0) is 33.3 Å². The highest BCUT2D eigenvalue weighted by Crippen LogP contribution is 2.77. The van der Waals surface area contributed by atoms with Gasteiger partial charge in [-0.05, 0) is 55.7 Å². The molecular weight excluding hydrogens is 376 g/mol. The van der Waals surface area contributed by atoms with E-state index in [0.29, 0.717) is 25.7 Å². The molecule has 1 spiro atoms. The van der Waals surface area contributed by atoms with Gasteiger partial charge in [0.2, 0.25) is 0 Å². The van der Waals surface area contributed by atoms with Crippen molar-refractivity contribution in [3.8, 4) is 0 Å². The van der Waals surface area contributed by atoms with Crippen LogP contribution < -0.4 is 0 Å². The summed E-state index contributed by atoms with van der Waals surface area (Å²) >= 11 is 0. The zero-order chi connectivity index (χ0) is 20.8. The minimum Gasteiger partial charge on any atom is -0.469 e. The number of ether oxygens (including phenoxy) is 4. The summed E-state index contributed by atoms with van der Waals surface area (Å²) in [7, 11) is 2.93. The number of fused-ring (bicyclic) bond motifs is 1. The van der Waals surface area contributed by atoms with Crippen LogP contribution in [0.5, 0.6) is 0 Å². The first-order valence-corrected chi connectivity index (χ1v) is 10.1. The number of carbonyl (C=O) groups is 3. The van der Waals surface area contributed by atoms with Crippen LogP contribution in [0.3, 0.4) is 0 Å². The van der Waals surface area contributed by atoms with Crippen molar-refractivity contribution in [2.75, 3.05) is 21.0 Å². The first kappa shape index (κ1) is 19.0. The molecule has 156 valence electrons. The molecule has 29 heavy (non-hydrogen) atoms. The third kappa shape index (κ3) is 1.89. The molecule has 0 unspecified atom stereocenters. The smallest absolute Gasteiger partial charge is 0.321 e. The average Bonchev–Trinajstić information content (AvgIpc) is 3.14. The molecule has 0 amide bonds. The predicted molar refractivity (Wildman–Crippen MR) is 99.3 cm³/mol. The van der Waals surface area contributed by atoms with Gasteiger partial charge >= 0.3 is 11.9 Å². The van der Waals surface area contributed by atoms with Crippen molar-refractivity contribution in [3.63, 3.8) is 0 Å². The molecule has 0 aromatic heterocycles. The maximum absolute atomic E-state index is 13.2. The Morgan fingerprint density at radius 2 is 2.10 bits per heavy atom. The van der Waals surface area contributed by atoms with E-state index in [0.717, 1.165) is 5.57 Å². The Hall–Kier alpha value is -1.99. The molecule has 0 radical (unpaired) electrons. The number of allylic oxidation sites excluding steroid dienone is 1. The molecule has 5 rings (SSSR count). The van der Waals surface area contributed by atoms with Crippen molar-refractivity contribution in [1.29, 1.82) is 0 Å². The maximum atomic E-state index is 13.2. The van der Waals surface area contributed by atoms with Crippen LogP contribution in [0.4, 0.5) is 0 Å². The molecule has 5 aliphatic rings. The molecule has 1 saturated heterocycles. The Bertz CT molecular complexity index is 876. The lowest BCUT2D eigenvalue weighted by Gasteiger charge is -2.45. The Kier molecular flexibility index (Phi) is 3.65. The topological polar surface area (TPSA) is 88.1 Å². The van der Waals surface area contributed by atoms with E-state index in [1.54, 1.807) is 20.1 Å². The first-order valence-electron chi connectivity index (χ1n) is 10.1. The van der Waals surface area contributed by atoms with Gasteiger partial charge in [0.05, 0.1) is 18.6 Å². The van der Waals surface area contributed by atoms with Crippen LogP contribution in [0, 0.1) is 28.6 Å². The zero-order valence-electron chi connectivity index (χ0n) is 17.0. The molecule has 7 nitrogen and oxygen atoms in total. The Morgan fingerprint density at radius 1 is 1.34 bits per heavy atom. The van der Waals surface area contributed by atoms with E-state index in [-0.39, 0.29) is 18.5 Å². The summed E-state index contributed by atoms with van der Waals surface area (Å²) < 4.78 is 22.5. The molecule has 3 saturated carbocycles. The molecule has 1 heterocycles. The number of ketones is 1. The van der Waals surface area contributed by atoms with Gasteiger partial charge in [-0.3, -0.25) is 14.4 Å². The van der Waals surface area contributed by atoms with Crippen molar-refractivity contribution >= 4 is 17.7 Å². The summed E-state index contributed by atoms with van der Waals surface area (Å²) in [4.78, 5) is 38.9. The monoisotopic (exact) mass is 402 g/mol. The van der Waals surface area contributed by atoms with E-state index in [2.05, 4.69) is 6.58 Å². The number of hydrogen-bond donors (Lipinski definition) is 0. The largest absolute Gasteiger partial charge is 0.469 e. The van der Waals surface area contributed by atoms with E-state index in [1.165, 1.54) is 13.2 Å². The van der Waals surface area contributed by atoms with Crippen LogP contribution in [0.25, 0.3) is 0 Å². The summed E-state index contributed by atoms with van der Waals surface area (Å²) in [6, 6.07) is 0. The number of methoxy groups -OCH3 is 2. The number of hydrogen-bond acceptors (Lipinski definition) is 7. The predicted octanol–water partition coefficient (Wildman–Crippen LogP) is 1.95. The molecule has 0 aromatic carbocycles. The highest BCUT2D eigenvalue weighted by atomic mass is 16.7. The summed E-state index contributed by atoms with van der Waals surface area (Å²) in [5.74, 6) is -2.56. The molecule has 0 N–H and O–H groups in total. The van der Waals surface area contributed by atoms with Gasteiger partial charge in [-0.2, -0.15) is 0 Å². The van der Waals surface area contributed by atoms with E-state index in [4.69, 9.17) is 18.9 Å². The van der Waals surface area contributed by atoms with Crippen LogP contribution in [0.1, 0.15) is 32.6 Å². The van der Waals surface area contributed by atoms with Gasteiger partial charge in [0.25, 0.3) is 0 Å². The molecule has 7 heteroatoms. The maximum Gasteiger partial charge on any atom is 0.321 e. The van der Waals surface area contributed by atoms with Crippen LogP contribution in [0.15, 0.2) is 24.3 Å². The standard InChI is InChI=1S/C22H26O7/c1-12-9-20-10-21(12,28-11-26-3)7-5-13(20)22-8-6-14(23)19(2,18(25)29-22)16(22)15(20)17(24)27-4/h6,8,13,15-16H,1,5,7,9-11H2,2-4H3/t13-,15-,16-,19-,20+,21+,22-/m1/s1. The van der Waals surface area contributed by atoms with Gasteiger partial charge in [0, 0.05) is 18.9 Å². The Morgan fingerprint density at radius 3 is 2.79 bits per heavy atom. The van der Waals surface area contributed by atoms with E-state index in [1.807, 2.05) is 0 Å². The van der Waals surface area contributed by atoms with Gasteiger partial charge in [-0.1, -0.05) is 6.58 Å². The molecule has 4 aliphatic carbocycles. The lowest BCUT2D eigenvalue weighted by Crippen LogP contribution is -2.49. The van der Waals surface area contributed by atoms with Gasteiger partial charge < -0.3 is 18.9 Å². The second-order valence-corrected chi connectivity index (χ2v) is 9.45. The number of rotatable bonds is 4. The Balaban J connectivity index is 1.70. The summed E-state index contributed by atoms with van der Waals surface area (Å²) in [5.41, 5.74) is -2.50. The van der Waals surface area contributed by atoms with E-state index < -0.39 is 45.8 Å². The van der Waals surface area contributed by atoms with Crippen molar-refractivity contribution in [3.05, 3.63) is 24.3 Å². The number of esters is 2. The fraction of sp³-hybridized carbons (Fsp3) is 0.682. The van der Waals surface area contributed by atoms with E-state index >= 15 is 0 Å². The van der Waals surface area contributed by atoms with Crippen molar-refractivity contribution in [1.82, 2.24) is 0 Å². The summed E-state index contributed by atoms with van der Waals surface area (Å²) in [5, 5.41) is 0. The third-order valence-corrected chi connectivity index (χ3v) is 8.55. The Labute approximate surface area is 169 Å². The lowest BCUT2D eigenvalue weighted by atomic mass is 9.61. The second kappa shape index (κ2) is 5.58. The molecule has 0 aromatic rings. The molecule has 4 bridgehead atoms. The highest BCUT2D eigenvalue weighted by molar-refractivity contribution is 6.13. The normalized spacial score (nSPS) is 49.1. The van der Waals surface area contributed by atoms with Crippen molar-refractivity contribution < 1.29 is 33.3 Å². The molecule has 7 atom stereocenters. The highest BCUT2D eigenvalue weighted by Gasteiger charge is 2.84. The number of carbonyl (C=O) groups excluding carboxylic acids is 3. The summed E-state index contributed by atoms with van der Waals surface area (Å²) in [6.45, 7) is 6.06. The fourth-order valence-electron chi connectivity index (χ4n) is 7.47. The SMILES string of the molecule is C=C1C[C@]23C[C@@]1(OCOC)CC[C@H]2[C@@]12C=CC(=O)[C@@](C)(C(=O)O1)[C@H]2[C@@H]3C(=O)OC. The third-order valence-electron chi connectivity index (χ3n) is 8.55. The molecule has 1 aliphatic heterocycles. The van der Waals surface area contributed by atoms with Crippen molar-refractivity contribution in [2.24, 2.45) is 28.6 Å². The molecular formula is C22H26O7. The van der Waals surface area contributed by atoms with Gasteiger partial charge in [0.1, 0.15) is 17.8 Å². The van der Waals surface area contributed by atoms with Crippen LogP contribution >= 0.6 is 0 Å². The minimum atomic E-state index is -1.38. The lowest BCUT2D eigenvalue weighted by molar-refractivity contribution is -0.169. The zero-order valence-corrected chi connectivity index (χ0v) is 17.0. The van der Waals surface area contributed by atoms with Gasteiger partial charge in [-0.15, -0.1) is 0 Å². The summed E-state index contributed by atoms with van der Waals surface area (Å²) in [6.07, 6.45) is 5.79. The molecule has 4 fully saturated rings. The first-order chi connectivity index (χ1) is 13.7. The van der Waals surface area contributed by atoms with Crippen molar-refractivity contribution in [2.45, 2.75) is 43.8 Å². The van der Waals surface area contributed by atoms with Crippen LogP contribution in [0.2, 0.25) is 0 Å². The van der Waals surface area contributed by atoms with E-state index in [9.17, 15) is 14.4 Å². The fourth-order valence-corrected chi connectivity index (χ4v) is 7.47. The minimum absolute atomic E-state index is 0.0993.